The van der Waals surface area contributed by atoms with E-state index in [4.69, 9.17) is 0 Å². The second kappa shape index (κ2) is 13.9. The SMILES string of the molecule is [CH3][Nb+4][C]1=CC=CC1.[Cl-].[Cl-].[Cl-].[Cl-]. The van der Waals surface area contributed by atoms with Crippen molar-refractivity contribution in [2.24, 2.45) is 0 Å². The Hall–Kier alpha value is 1.38. The van der Waals surface area contributed by atoms with Crippen molar-refractivity contribution < 1.29 is 69.4 Å². The van der Waals surface area contributed by atoms with Gasteiger partial charge in [-0.2, -0.15) is 0 Å². The molecule has 1 rings (SSSR count). The molecule has 0 atom stereocenters. The van der Waals surface area contributed by atoms with E-state index < -0.39 is 0 Å². The first-order valence-corrected chi connectivity index (χ1v) is 5.69. The van der Waals surface area contributed by atoms with E-state index in [1.807, 2.05) is 0 Å². The molecule has 0 spiro atoms. The fourth-order valence-corrected chi connectivity index (χ4v) is 1.89. The van der Waals surface area contributed by atoms with E-state index >= 15 is 0 Å². The van der Waals surface area contributed by atoms with E-state index in [1.54, 1.807) is 3.79 Å². The Kier molecular flexibility index (Phi) is 28.9. The predicted molar refractivity (Wildman–Crippen MR) is 27.7 cm³/mol. The Bertz CT molecular complexity index is 122. The van der Waals surface area contributed by atoms with Crippen molar-refractivity contribution in [1.29, 1.82) is 0 Å². The fraction of sp³-hybridized carbons (Fsp3) is 0.333. The Morgan fingerprint density at radius 2 is 1.73 bits per heavy atom. The van der Waals surface area contributed by atoms with Crippen LogP contribution in [0.4, 0.5) is 0 Å². The molecule has 11 heavy (non-hydrogen) atoms. The van der Waals surface area contributed by atoms with Gasteiger partial charge in [0.2, 0.25) is 0 Å². The molecule has 0 aromatic carbocycles. The molecule has 5 heteroatoms. The molecule has 0 saturated heterocycles. The van der Waals surface area contributed by atoms with Crippen LogP contribution in [0.2, 0.25) is 5.14 Å². The largest absolute Gasteiger partial charge is 1.00 e. The minimum atomic E-state index is 0. The van der Waals surface area contributed by atoms with Gasteiger partial charge in [-0.1, -0.05) is 0 Å². The van der Waals surface area contributed by atoms with Crippen molar-refractivity contribution in [3.63, 3.8) is 0 Å². The summed E-state index contributed by atoms with van der Waals surface area (Å²) in [4.78, 5) is 0. The van der Waals surface area contributed by atoms with Crippen molar-refractivity contribution in [3.05, 3.63) is 22.0 Å². The summed E-state index contributed by atoms with van der Waals surface area (Å²) in [5.41, 5.74) is 0. The smallest absolute Gasteiger partial charge is 1.00 e. The molecule has 0 bridgehead atoms. The molecule has 0 nitrogen and oxygen atoms in total. The van der Waals surface area contributed by atoms with Crippen molar-refractivity contribution >= 4 is 0 Å². The summed E-state index contributed by atoms with van der Waals surface area (Å²) in [6, 6.07) is 0. The van der Waals surface area contributed by atoms with E-state index in [9.17, 15) is 0 Å². The molecule has 0 fully saturated rings. The zero-order chi connectivity index (χ0) is 5.11. The zero-order valence-corrected chi connectivity index (χ0v) is 11.1. The minimum Gasteiger partial charge on any atom is -1.00 e. The number of rotatable bonds is 1. The van der Waals surface area contributed by atoms with Crippen molar-refractivity contribution in [1.82, 2.24) is 0 Å². The van der Waals surface area contributed by atoms with Crippen LogP contribution in [0.5, 0.6) is 0 Å². The Morgan fingerprint density at radius 1 is 1.18 bits per heavy atom. The summed E-state index contributed by atoms with van der Waals surface area (Å²) in [6.45, 7) is 0. The third kappa shape index (κ3) is 9.29. The number of halogens is 4. The first-order valence-electron chi connectivity index (χ1n) is 2.39. The average Bonchev–Trinajstić information content (AvgIpc) is 2.14. The van der Waals surface area contributed by atoms with Crippen LogP contribution in [0.25, 0.3) is 0 Å². The summed E-state index contributed by atoms with van der Waals surface area (Å²) < 4.78 is 1.71. The van der Waals surface area contributed by atoms with Crippen molar-refractivity contribution in [2.75, 3.05) is 0 Å². The van der Waals surface area contributed by atoms with Crippen LogP contribution >= 0.6 is 0 Å². The number of allylic oxidation sites excluding steroid dienone is 4. The maximum atomic E-state index is 2.34. The van der Waals surface area contributed by atoms with Gasteiger partial charge in [-0.25, -0.2) is 0 Å². The molecule has 0 amide bonds. The molecule has 1 aliphatic carbocycles. The molecule has 65 valence electrons. The summed E-state index contributed by atoms with van der Waals surface area (Å²) in [6.07, 6.45) is 7.91. The van der Waals surface area contributed by atoms with Crippen molar-refractivity contribution in [2.45, 2.75) is 11.6 Å². The van der Waals surface area contributed by atoms with Gasteiger partial charge >= 0.3 is 53.3 Å². The third-order valence-corrected chi connectivity index (χ3v) is 3.27. The van der Waals surface area contributed by atoms with Gasteiger partial charge in [0.1, 0.15) is 0 Å². The first kappa shape index (κ1) is 22.8. The van der Waals surface area contributed by atoms with Gasteiger partial charge in [-0.15, -0.1) is 0 Å². The molecule has 1 aliphatic rings. The van der Waals surface area contributed by atoms with Gasteiger partial charge in [0.15, 0.2) is 0 Å². The topological polar surface area (TPSA) is 0 Å². The van der Waals surface area contributed by atoms with Crippen LogP contribution in [-0.4, -0.2) is 0 Å². The second-order valence-corrected chi connectivity index (χ2v) is 4.03. The number of hydrogen-bond donors (Lipinski definition) is 0. The monoisotopic (exact) mass is 313 g/mol. The van der Waals surface area contributed by atoms with Gasteiger partial charge in [0.05, 0.1) is 0 Å². The van der Waals surface area contributed by atoms with Crippen LogP contribution < -0.4 is 49.6 Å². The molecule has 0 aromatic heterocycles. The number of hydrogen-bond acceptors (Lipinski definition) is 0. The van der Waals surface area contributed by atoms with Gasteiger partial charge in [-0.05, 0) is 0 Å². The normalized spacial score (nSPS) is 10.5. The minimum absolute atomic E-state index is 0. The summed E-state index contributed by atoms with van der Waals surface area (Å²) in [7, 11) is 0. The Labute approximate surface area is 102 Å². The molecule has 0 N–H and O–H groups in total. The van der Waals surface area contributed by atoms with E-state index in [2.05, 4.69) is 23.4 Å². The maximum Gasteiger partial charge on any atom is -1.00 e. The van der Waals surface area contributed by atoms with Crippen LogP contribution in [0.1, 0.15) is 6.42 Å². The van der Waals surface area contributed by atoms with Gasteiger partial charge in [0.25, 0.3) is 0 Å². The average molecular weight is 315 g/mol. The quantitative estimate of drug-likeness (QED) is 0.422. The Balaban J connectivity index is -0.0000000612. The zero-order valence-electron chi connectivity index (χ0n) is 5.90. The van der Waals surface area contributed by atoms with E-state index in [0.717, 1.165) is 0 Å². The molecular weight excluding hydrogens is 307 g/mol. The predicted octanol–water partition coefficient (Wildman–Crippen LogP) is -10.0. The van der Waals surface area contributed by atoms with Crippen LogP contribution in [0.3, 0.4) is 0 Å². The van der Waals surface area contributed by atoms with Crippen LogP contribution in [-0.2, 0) is 19.8 Å². The molecule has 0 radical (unpaired) electrons. The van der Waals surface area contributed by atoms with E-state index in [0.29, 0.717) is 0 Å². The fourth-order valence-electron chi connectivity index (χ4n) is 0.602. The molecule has 0 saturated carbocycles. The first-order chi connectivity index (χ1) is 3.43. The summed E-state index contributed by atoms with van der Waals surface area (Å²) in [5, 5.41) is 2.34. The van der Waals surface area contributed by atoms with E-state index in [1.165, 1.54) is 6.42 Å². The van der Waals surface area contributed by atoms with Crippen LogP contribution in [0.15, 0.2) is 22.0 Å². The molecule has 0 aromatic rings. The van der Waals surface area contributed by atoms with Gasteiger partial charge in [0, 0.05) is 0 Å². The van der Waals surface area contributed by atoms with Gasteiger partial charge < -0.3 is 49.6 Å². The summed E-state index contributed by atoms with van der Waals surface area (Å²) >= 11 is 0.107. The Morgan fingerprint density at radius 3 is 1.91 bits per heavy atom. The third-order valence-electron chi connectivity index (χ3n) is 1.04. The van der Waals surface area contributed by atoms with Crippen molar-refractivity contribution in [3.8, 4) is 0 Å². The molecular formula is C6H8Cl4Nb. The second-order valence-electron chi connectivity index (χ2n) is 1.51. The maximum absolute atomic E-state index is 2.34. The van der Waals surface area contributed by atoms with Crippen LogP contribution in [0, 0.1) is 0 Å². The molecule has 0 unspecified atom stereocenters. The standard InChI is InChI=1S/C5H5.CH3.4ClH.Nb/c1-2-4-5-3-1;;;;;;/h1-3H,4H2;1H3;4*1H;/q;;;;;;+4/p-4. The van der Waals surface area contributed by atoms with Gasteiger partial charge in [-0.3, -0.25) is 0 Å². The molecule has 0 aliphatic heterocycles. The van der Waals surface area contributed by atoms with E-state index in [-0.39, 0.29) is 69.4 Å². The molecule has 0 heterocycles. The summed E-state index contributed by atoms with van der Waals surface area (Å²) in [5.74, 6) is 0.